The molecule has 3 heterocycles. The van der Waals surface area contributed by atoms with Crippen LogP contribution in [-0.4, -0.2) is 77.4 Å². The summed E-state index contributed by atoms with van der Waals surface area (Å²) in [5, 5.41) is 48.0. The lowest BCUT2D eigenvalue weighted by molar-refractivity contribution is 0.00446. The molecule has 0 bridgehead atoms. The minimum absolute atomic E-state index is 0.119. The minimum Gasteiger partial charge on any atom is -0.396 e. The molecule has 6 N–H and O–H groups in total. The molecule has 3 aromatic rings. The number of aliphatic hydroxyl groups excluding tert-OH is 4. The molecule has 0 aliphatic heterocycles. The summed E-state index contributed by atoms with van der Waals surface area (Å²) in [4.78, 5) is 18.5. The van der Waals surface area contributed by atoms with Crippen molar-refractivity contribution in [1.29, 1.82) is 0 Å². The first kappa shape index (κ1) is 23.3. The highest BCUT2D eigenvalue weighted by atomic mass is 32.1. The van der Waals surface area contributed by atoms with Gasteiger partial charge in [0.2, 0.25) is 5.95 Å². The number of thiazole rings is 1. The third kappa shape index (κ3) is 4.22. The summed E-state index contributed by atoms with van der Waals surface area (Å²) in [6.45, 7) is 3.59. The second kappa shape index (κ2) is 9.31. The number of rotatable bonds is 6. The largest absolute Gasteiger partial charge is 0.396 e. The fourth-order valence-electron chi connectivity index (χ4n) is 4.99. The Labute approximate surface area is 201 Å². The Morgan fingerprint density at radius 1 is 1.00 bits per heavy atom. The molecule has 34 heavy (non-hydrogen) atoms. The van der Waals surface area contributed by atoms with Crippen molar-refractivity contribution >= 4 is 33.3 Å². The first-order valence-electron chi connectivity index (χ1n) is 11.6. The van der Waals surface area contributed by atoms with Crippen LogP contribution >= 0.6 is 11.3 Å². The Bertz CT molecular complexity index is 1190. The van der Waals surface area contributed by atoms with Crippen LogP contribution in [-0.2, 0) is 0 Å². The van der Waals surface area contributed by atoms with Crippen LogP contribution in [0.15, 0.2) is 12.3 Å². The zero-order chi connectivity index (χ0) is 24.0. The van der Waals surface area contributed by atoms with E-state index < -0.39 is 30.3 Å². The average Bonchev–Trinajstić information content (AvgIpc) is 3.48. The molecule has 0 spiro atoms. The number of aromatic nitrogens is 4. The van der Waals surface area contributed by atoms with Crippen molar-refractivity contribution in [1.82, 2.24) is 19.9 Å². The van der Waals surface area contributed by atoms with Crippen molar-refractivity contribution in [2.24, 2.45) is 5.92 Å². The molecule has 0 aromatic carbocycles. The van der Waals surface area contributed by atoms with Crippen LogP contribution < -0.4 is 10.6 Å². The van der Waals surface area contributed by atoms with E-state index in [2.05, 4.69) is 20.6 Å². The number of nitrogens with zero attached hydrogens (tertiary/aromatic N) is 4. The van der Waals surface area contributed by atoms with Crippen molar-refractivity contribution in [3.05, 3.63) is 23.7 Å². The third-order valence-corrected chi connectivity index (χ3v) is 7.98. The number of hydrogen-bond donors (Lipinski definition) is 6. The van der Waals surface area contributed by atoms with Gasteiger partial charge in [-0.1, -0.05) is 0 Å². The van der Waals surface area contributed by atoms with E-state index in [9.17, 15) is 20.4 Å². The molecule has 0 unspecified atom stereocenters. The lowest BCUT2D eigenvalue weighted by Crippen LogP contribution is -2.36. The SMILES string of the molecule is Cc1nc(N[C@H]2CCC[C@@H]2O)nc(N[C@@H]2C[C@H](CO)[C@@H](O)[C@H]2O)c1-c1nc2c(C)nccc2s1. The maximum atomic E-state index is 10.6. The van der Waals surface area contributed by atoms with Gasteiger partial charge in [0.25, 0.3) is 0 Å². The Balaban J connectivity index is 1.55. The number of aliphatic hydroxyl groups is 4. The van der Waals surface area contributed by atoms with Crippen LogP contribution in [0.3, 0.4) is 0 Å². The lowest BCUT2D eigenvalue weighted by atomic mass is 10.1. The van der Waals surface area contributed by atoms with E-state index in [4.69, 9.17) is 9.97 Å². The maximum Gasteiger partial charge on any atom is 0.225 e. The summed E-state index contributed by atoms with van der Waals surface area (Å²) in [6.07, 6.45) is 2.16. The highest BCUT2D eigenvalue weighted by molar-refractivity contribution is 7.21. The zero-order valence-corrected chi connectivity index (χ0v) is 20.0. The number of anilines is 2. The van der Waals surface area contributed by atoms with Crippen molar-refractivity contribution in [2.45, 2.75) is 69.9 Å². The molecule has 6 atom stereocenters. The molecule has 2 saturated carbocycles. The van der Waals surface area contributed by atoms with Crippen LogP contribution in [0.25, 0.3) is 20.8 Å². The van der Waals surface area contributed by atoms with E-state index in [1.54, 1.807) is 6.20 Å². The van der Waals surface area contributed by atoms with Gasteiger partial charge in [-0.2, -0.15) is 4.98 Å². The molecule has 5 rings (SSSR count). The van der Waals surface area contributed by atoms with Gasteiger partial charge in [0, 0.05) is 18.7 Å². The molecular weight excluding hydrogens is 456 g/mol. The summed E-state index contributed by atoms with van der Waals surface area (Å²) in [7, 11) is 0. The summed E-state index contributed by atoms with van der Waals surface area (Å²) in [6, 6.07) is 1.31. The van der Waals surface area contributed by atoms with Crippen LogP contribution in [0.2, 0.25) is 0 Å². The lowest BCUT2D eigenvalue weighted by Gasteiger charge is -2.22. The summed E-state index contributed by atoms with van der Waals surface area (Å²) >= 11 is 1.51. The van der Waals surface area contributed by atoms with Gasteiger partial charge >= 0.3 is 0 Å². The van der Waals surface area contributed by atoms with E-state index >= 15 is 0 Å². The highest BCUT2D eigenvalue weighted by Gasteiger charge is 2.41. The quantitative estimate of drug-likeness (QED) is 0.302. The number of fused-ring (bicyclic) bond motifs is 1. The van der Waals surface area contributed by atoms with Gasteiger partial charge in [0.15, 0.2) is 0 Å². The first-order chi connectivity index (χ1) is 16.4. The second-order valence-electron chi connectivity index (χ2n) is 9.28. The van der Waals surface area contributed by atoms with Crippen LogP contribution in [0, 0.1) is 19.8 Å². The normalized spacial score (nSPS) is 29.1. The predicted molar refractivity (Wildman–Crippen MR) is 130 cm³/mol. The van der Waals surface area contributed by atoms with Gasteiger partial charge in [0.1, 0.15) is 22.4 Å². The molecule has 2 aliphatic carbocycles. The molecule has 0 radical (unpaired) electrons. The molecule has 0 saturated heterocycles. The highest BCUT2D eigenvalue weighted by Crippen LogP contribution is 2.38. The van der Waals surface area contributed by atoms with Crippen LogP contribution in [0.1, 0.15) is 37.1 Å². The maximum absolute atomic E-state index is 10.6. The minimum atomic E-state index is -1.05. The third-order valence-electron chi connectivity index (χ3n) is 6.95. The Morgan fingerprint density at radius 3 is 2.50 bits per heavy atom. The summed E-state index contributed by atoms with van der Waals surface area (Å²) in [5.74, 6) is 0.462. The number of hydrogen-bond acceptors (Lipinski definition) is 11. The Hall–Kier alpha value is -2.44. The fraction of sp³-hybridized carbons (Fsp3) is 0.565. The molecular formula is C23H30N6O4S. The predicted octanol–water partition coefficient (Wildman–Crippen LogP) is 1.60. The van der Waals surface area contributed by atoms with Gasteiger partial charge in [-0.3, -0.25) is 4.98 Å². The Kier molecular flexibility index (Phi) is 6.38. The van der Waals surface area contributed by atoms with Gasteiger partial charge < -0.3 is 31.1 Å². The molecule has 2 aliphatic rings. The molecule has 0 amide bonds. The molecule has 10 nitrogen and oxygen atoms in total. The Morgan fingerprint density at radius 2 is 1.82 bits per heavy atom. The second-order valence-corrected chi connectivity index (χ2v) is 10.3. The zero-order valence-electron chi connectivity index (χ0n) is 19.1. The number of nitrogens with one attached hydrogen (secondary N) is 2. The summed E-state index contributed by atoms with van der Waals surface area (Å²) in [5.41, 5.74) is 3.07. The van der Waals surface area contributed by atoms with Gasteiger partial charge in [0.05, 0.1) is 45.9 Å². The summed E-state index contributed by atoms with van der Waals surface area (Å²) < 4.78 is 1.00. The molecule has 2 fully saturated rings. The smallest absolute Gasteiger partial charge is 0.225 e. The fourth-order valence-corrected chi connectivity index (χ4v) is 6.10. The molecule has 11 heteroatoms. The van der Waals surface area contributed by atoms with Crippen LogP contribution in [0.4, 0.5) is 11.8 Å². The van der Waals surface area contributed by atoms with Crippen LogP contribution in [0.5, 0.6) is 0 Å². The molecule has 182 valence electrons. The van der Waals surface area contributed by atoms with Crippen molar-refractivity contribution in [3.63, 3.8) is 0 Å². The molecule has 3 aromatic heterocycles. The van der Waals surface area contributed by atoms with E-state index in [-0.39, 0.29) is 12.6 Å². The average molecular weight is 487 g/mol. The van der Waals surface area contributed by atoms with Crippen molar-refractivity contribution < 1.29 is 20.4 Å². The van der Waals surface area contributed by atoms with E-state index in [0.29, 0.717) is 29.4 Å². The first-order valence-corrected chi connectivity index (χ1v) is 12.5. The number of aryl methyl sites for hydroxylation is 2. The van der Waals surface area contributed by atoms with Gasteiger partial charge in [-0.05, 0) is 45.6 Å². The van der Waals surface area contributed by atoms with Gasteiger partial charge in [-0.25, -0.2) is 9.97 Å². The van der Waals surface area contributed by atoms with E-state index in [1.807, 2.05) is 19.9 Å². The monoisotopic (exact) mass is 486 g/mol. The van der Waals surface area contributed by atoms with E-state index in [0.717, 1.165) is 40.2 Å². The van der Waals surface area contributed by atoms with Gasteiger partial charge in [-0.15, -0.1) is 11.3 Å². The van der Waals surface area contributed by atoms with Crippen molar-refractivity contribution in [2.75, 3.05) is 17.2 Å². The van der Waals surface area contributed by atoms with E-state index in [1.165, 1.54) is 11.3 Å². The standard InChI is InChI=1S/C23H30N6O4S/c1-10-17(22-28-18-11(2)24-7-6-16(18)34-22)21(26-14-8-12(9-30)19(32)20(14)33)29-23(25-10)27-13-4-3-5-15(13)31/h6-7,12-15,19-20,30-33H,3-5,8-9H2,1-2H3,(H2,25,26,27,29)/t12-,13+,14-,15+,19-,20+/m1/s1. The number of pyridine rings is 1. The topological polar surface area (TPSA) is 157 Å². The van der Waals surface area contributed by atoms with Crippen molar-refractivity contribution in [3.8, 4) is 10.6 Å².